The Balaban J connectivity index is 1.81. The van der Waals surface area contributed by atoms with Crippen molar-refractivity contribution in [2.24, 2.45) is 0 Å². The Hall–Kier alpha value is -1.35. The van der Waals surface area contributed by atoms with Gasteiger partial charge in [0, 0.05) is 5.30 Å². The molecule has 0 atom stereocenters. The molecule has 2 aromatic carbocycles. The average molecular weight is 356 g/mol. The van der Waals surface area contributed by atoms with Gasteiger partial charge in [-0.05, 0) is 57.6 Å². The predicted octanol–water partition coefficient (Wildman–Crippen LogP) is 3.90. The van der Waals surface area contributed by atoms with Gasteiger partial charge in [-0.2, -0.15) is 0 Å². The molecule has 0 bridgehead atoms. The molecule has 1 aliphatic rings. The highest BCUT2D eigenvalue weighted by molar-refractivity contribution is 7.70. The second kappa shape index (κ2) is 6.12. The van der Waals surface area contributed by atoms with E-state index in [0.717, 1.165) is 21.9 Å². The van der Waals surface area contributed by atoms with Gasteiger partial charge in [0.05, 0.1) is 11.2 Å². The molecule has 3 nitrogen and oxygen atoms in total. The van der Waals surface area contributed by atoms with Gasteiger partial charge in [0.25, 0.3) is 0 Å². The van der Waals surface area contributed by atoms with Crippen molar-refractivity contribution in [3.05, 3.63) is 48.5 Å². The number of hydrogen-bond donors (Lipinski definition) is 0. The highest BCUT2D eigenvalue weighted by Gasteiger charge is 2.51. The number of hydrogen-bond acceptors (Lipinski definition) is 3. The van der Waals surface area contributed by atoms with Crippen molar-refractivity contribution in [1.82, 2.24) is 0 Å². The maximum absolute atomic E-state index is 12.1. The molecule has 0 aliphatic carbocycles. The van der Waals surface area contributed by atoms with Crippen LogP contribution in [0.3, 0.4) is 0 Å². The predicted molar refractivity (Wildman–Crippen MR) is 107 cm³/mol. The van der Waals surface area contributed by atoms with Gasteiger partial charge in [-0.1, -0.05) is 48.5 Å². The smallest absolute Gasteiger partial charge is 0.399 e. The second-order valence-electron chi connectivity index (χ2n) is 8.11. The first-order chi connectivity index (χ1) is 11.5. The van der Waals surface area contributed by atoms with Gasteiger partial charge in [-0.25, -0.2) is 0 Å². The Labute approximate surface area is 151 Å². The summed E-state index contributed by atoms with van der Waals surface area (Å²) >= 11 is 0. The molecule has 1 saturated heterocycles. The summed E-state index contributed by atoms with van der Waals surface area (Å²) in [7, 11) is -2.55. The van der Waals surface area contributed by atoms with Gasteiger partial charge >= 0.3 is 7.12 Å². The van der Waals surface area contributed by atoms with Crippen LogP contribution in [0.2, 0.25) is 0 Å². The van der Waals surface area contributed by atoms with Crippen molar-refractivity contribution in [3.8, 4) is 11.1 Å². The first kappa shape index (κ1) is 18.4. The SMILES string of the molecule is CC1(C)OB(c2ccc(-c3ccc(P(C)(C)=O)cc3)cc2)OC1(C)C. The zero-order valence-corrected chi connectivity index (χ0v) is 16.8. The normalized spacial score (nSPS) is 19.2. The van der Waals surface area contributed by atoms with E-state index < -0.39 is 7.14 Å². The van der Waals surface area contributed by atoms with E-state index in [1.54, 1.807) is 13.3 Å². The van der Waals surface area contributed by atoms with Gasteiger partial charge in [0.15, 0.2) is 0 Å². The van der Waals surface area contributed by atoms with Crippen LogP contribution in [-0.2, 0) is 13.9 Å². The van der Waals surface area contributed by atoms with Crippen LogP contribution in [0.5, 0.6) is 0 Å². The molecule has 25 heavy (non-hydrogen) atoms. The zero-order chi connectivity index (χ0) is 18.5. The summed E-state index contributed by atoms with van der Waals surface area (Å²) in [5, 5.41) is 0.907. The molecule has 132 valence electrons. The van der Waals surface area contributed by atoms with E-state index in [-0.39, 0.29) is 18.3 Å². The van der Waals surface area contributed by atoms with Crippen LogP contribution in [0.25, 0.3) is 11.1 Å². The molecule has 0 aromatic heterocycles. The summed E-state index contributed by atoms with van der Waals surface area (Å²) in [5.74, 6) is 0. The second-order valence-corrected chi connectivity index (χ2v) is 11.3. The van der Waals surface area contributed by atoms with E-state index >= 15 is 0 Å². The van der Waals surface area contributed by atoms with Gasteiger partial charge in [-0.3, -0.25) is 0 Å². The van der Waals surface area contributed by atoms with Gasteiger partial charge in [0.2, 0.25) is 0 Å². The Morgan fingerprint density at radius 1 is 0.760 bits per heavy atom. The standard InChI is InChI=1S/C20H26BO3P/c1-19(2)20(3,4)24-21(23-19)17-11-7-15(8-12-17)16-9-13-18(14-10-16)25(5,6)22/h7-14H,1-6H3. The van der Waals surface area contributed by atoms with Crippen LogP contribution >= 0.6 is 7.14 Å². The molecule has 1 heterocycles. The summed E-state index contributed by atoms with van der Waals surface area (Å²) in [4.78, 5) is 0. The minimum Gasteiger partial charge on any atom is -0.399 e. The number of benzene rings is 2. The minimum atomic E-state index is -2.21. The minimum absolute atomic E-state index is 0.333. The molecule has 0 spiro atoms. The first-order valence-electron chi connectivity index (χ1n) is 8.61. The third-order valence-corrected chi connectivity index (χ3v) is 6.80. The average Bonchev–Trinajstić information content (AvgIpc) is 2.75. The summed E-state index contributed by atoms with van der Waals surface area (Å²) < 4.78 is 24.3. The molecule has 0 unspecified atom stereocenters. The molecule has 0 N–H and O–H groups in total. The Morgan fingerprint density at radius 2 is 1.16 bits per heavy atom. The molecule has 3 rings (SSSR count). The van der Waals surface area contributed by atoms with Crippen LogP contribution in [0.15, 0.2) is 48.5 Å². The summed E-state index contributed by atoms with van der Waals surface area (Å²) in [6.07, 6.45) is 0. The van der Waals surface area contributed by atoms with Crippen molar-refractivity contribution in [1.29, 1.82) is 0 Å². The zero-order valence-electron chi connectivity index (χ0n) is 15.9. The van der Waals surface area contributed by atoms with E-state index in [2.05, 4.69) is 52.0 Å². The van der Waals surface area contributed by atoms with Crippen molar-refractivity contribution < 1.29 is 13.9 Å². The van der Waals surface area contributed by atoms with Crippen LogP contribution in [-0.4, -0.2) is 31.7 Å². The molecular formula is C20H26BO3P. The maximum atomic E-state index is 12.1. The van der Waals surface area contributed by atoms with E-state index in [4.69, 9.17) is 9.31 Å². The molecule has 0 radical (unpaired) electrons. The quantitative estimate of drug-likeness (QED) is 0.618. The summed E-state index contributed by atoms with van der Waals surface area (Å²) in [6.45, 7) is 11.8. The lowest BCUT2D eigenvalue weighted by Crippen LogP contribution is -2.41. The molecular weight excluding hydrogens is 330 g/mol. The fraction of sp³-hybridized carbons (Fsp3) is 0.400. The Kier molecular flexibility index (Phi) is 4.52. The van der Waals surface area contributed by atoms with Crippen molar-refractivity contribution in [3.63, 3.8) is 0 Å². The molecule has 0 saturated carbocycles. The van der Waals surface area contributed by atoms with Crippen LogP contribution < -0.4 is 10.8 Å². The molecule has 5 heteroatoms. The lowest BCUT2D eigenvalue weighted by molar-refractivity contribution is 0.00578. The topological polar surface area (TPSA) is 35.5 Å². The van der Waals surface area contributed by atoms with Gasteiger partial charge < -0.3 is 13.9 Å². The molecule has 2 aromatic rings. The third kappa shape index (κ3) is 3.62. The largest absolute Gasteiger partial charge is 0.494 e. The lowest BCUT2D eigenvalue weighted by atomic mass is 9.78. The van der Waals surface area contributed by atoms with Crippen molar-refractivity contribution in [2.75, 3.05) is 13.3 Å². The van der Waals surface area contributed by atoms with Crippen LogP contribution in [0.4, 0.5) is 0 Å². The molecule has 1 fully saturated rings. The maximum Gasteiger partial charge on any atom is 0.494 e. The highest BCUT2D eigenvalue weighted by Crippen LogP contribution is 2.37. The van der Waals surface area contributed by atoms with Crippen LogP contribution in [0, 0.1) is 0 Å². The van der Waals surface area contributed by atoms with Crippen molar-refractivity contribution in [2.45, 2.75) is 38.9 Å². The molecule has 0 amide bonds. The summed E-state index contributed by atoms with van der Waals surface area (Å²) in [6, 6.07) is 16.2. The number of rotatable bonds is 3. The van der Waals surface area contributed by atoms with Gasteiger partial charge in [-0.15, -0.1) is 0 Å². The van der Waals surface area contributed by atoms with E-state index in [0.29, 0.717) is 0 Å². The van der Waals surface area contributed by atoms with E-state index in [1.165, 1.54) is 0 Å². The van der Waals surface area contributed by atoms with E-state index in [9.17, 15) is 4.57 Å². The monoisotopic (exact) mass is 356 g/mol. The van der Waals surface area contributed by atoms with Crippen molar-refractivity contribution >= 4 is 25.0 Å². The highest BCUT2D eigenvalue weighted by atomic mass is 31.2. The summed E-state index contributed by atoms with van der Waals surface area (Å²) in [5.41, 5.74) is 2.58. The van der Waals surface area contributed by atoms with E-state index in [1.807, 2.05) is 24.3 Å². The molecule has 1 aliphatic heterocycles. The van der Waals surface area contributed by atoms with Gasteiger partial charge in [0.1, 0.15) is 7.14 Å². The fourth-order valence-corrected chi connectivity index (χ4v) is 3.69. The first-order valence-corrected chi connectivity index (χ1v) is 11.2. The Bertz CT molecular complexity index is 788. The lowest BCUT2D eigenvalue weighted by Gasteiger charge is -2.32. The fourth-order valence-electron chi connectivity index (χ4n) is 2.82. The third-order valence-electron chi connectivity index (χ3n) is 5.26. The Morgan fingerprint density at radius 3 is 1.56 bits per heavy atom. The van der Waals surface area contributed by atoms with Crippen LogP contribution in [0.1, 0.15) is 27.7 Å².